The Hall–Kier alpha value is -3.48. The van der Waals surface area contributed by atoms with E-state index in [0.717, 1.165) is 22.3 Å². The monoisotopic (exact) mass is 416 g/mol. The van der Waals surface area contributed by atoms with E-state index < -0.39 is 5.60 Å². The van der Waals surface area contributed by atoms with E-state index in [-0.39, 0.29) is 17.7 Å². The molecule has 31 heavy (non-hydrogen) atoms. The zero-order chi connectivity index (χ0) is 21.6. The molecular formula is C24H24N4O3. The maximum Gasteiger partial charge on any atom is 0.217 e. The van der Waals surface area contributed by atoms with Crippen molar-refractivity contribution in [3.63, 3.8) is 0 Å². The Bertz CT molecular complexity index is 1220. The molecule has 1 aliphatic heterocycles. The number of nitrogens with zero attached hydrogens (tertiary/aromatic N) is 3. The highest BCUT2D eigenvalue weighted by Gasteiger charge is 2.51. The van der Waals surface area contributed by atoms with Crippen LogP contribution in [0.25, 0.3) is 17.0 Å². The summed E-state index contributed by atoms with van der Waals surface area (Å²) in [5.41, 5.74) is 3.20. The summed E-state index contributed by atoms with van der Waals surface area (Å²) in [5.74, 6) is 0.569. The molecule has 0 bridgehead atoms. The molecule has 158 valence electrons. The van der Waals surface area contributed by atoms with E-state index in [9.17, 15) is 9.59 Å². The molecular weight excluding hydrogens is 392 g/mol. The van der Waals surface area contributed by atoms with Crippen LogP contribution in [0.1, 0.15) is 49.3 Å². The smallest absolute Gasteiger partial charge is 0.217 e. The van der Waals surface area contributed by atoms with Crippen LogP contribution < -0.4 is 5.32 Å². The average molecular weight is 416 g/mol. The Labute approximate surface area is 180 Å². The van der Waals surface area contributed by atoms with E-state index in [1.165, 1.54) is 13.3 Å². The standard InChI is InChI=1S/C24H24N4O3/c1-15-4-3-5-17(12-15)21-22(18-6-7-20-25-14-26-28(20)13-18)31-24(23(21)30)10-8-19(9-11-24)27-16(2)29/h3-7,12-14,19H,8-11H2,1-2H3,(H,27,29). The SMILES string of the molecule is CC(=O)NC1CCC2(CC1)OC(c1ccc3ncnn3c1)=C(c1cccc(C)c1)C2=O. The van der Waals surface area contributed by atoms with E-state index in [1.54, 1.807) is 4.52 Å². The Morgan fingerprint density at radius 2 is 2.00 bits per heavy atom. The molecule has 5 rings (SSSR count). The summed E-state index contributed by atoms with van der Waals surface area (Å²) in [5, 5.41) is 7.20. The van der Waals surface area contributed by atoms with Gasteiger partial charge >= 0.3 is 0 Å². The lowest BCUT2D eigenvalue weighted by Gasteiger charge is -2.36. The molecule has 1 N–H and O–H groups in total. The molecule has 3 heterocycles. The molecule has 1 fully saturated rings. The van der Waals surface area contributed by atoms with Crippen LogP contribution in [0.15, 0.2) is 48.9 Å². The minimum absolute atomic E-state index is 0.0214. The predicted molar refractivity (Wildman–Crippen MR) is 116 cm³/mol. The highest BCUT2D eigenvalue weighted by Crippen LogP contribution is 2.48. The Morgan fingerprint density at radius 3 is 2.74 bits per heavy atom. The quantitative estimate of drug-likeness (QED) is 0.708. The Morgan fingerprint density at radius 1 is 1.19 bits per heavy atom. The van der Waals surface area contributed by atoms with Gasteiger partial charge in [0.15, 0.2) is 11.2 Å². The highest BCUT2D eigenvalue weighted by atomic mass is 16.5. The number of rotatable bonds is 3. The van der Waals surface area contributed by atoms with E-state index in [0.29, 0.717) is 37.0 Å². The molecule has 0 unspecified atom stereocenters. The zero-order valence-corrected chi connectivity index (χ0v) is 17.6. The summed E-state index contributed by atoms with van der Waals surface area (Å²) < 4.78 is 8.21. The number of hydrogen-bond donors (Lipinski definition) is 1. The fourth-order valence-electron chi connectivity index (χ4n) is 4.69. The fraction of sp³-hybridized carbons (Fsp3) is 0.333. The number of fused-ring (bicyclic) bond motifs is 1. The number of aryl methyl sites for hydroxylation is 1. The van der Waals surface area contributed by atoms with E-state index in [4.69, 9.17) is 4.74 Å². The lowest BCUT2D eigenvalue weighted by atomic mass is 9.77. The summed E-state index contributed by atoms with van der Waals surface area (Å²) in [4.78, 5) is 29.5. The lowest BCUT2D eigenvalue weighted by molar-refractivity contribution is -0.131. The van der Waals surface area contributed by atoms with Crippen molar-refractivity contribution in [2.75, 3.05) is 0 Å². The first-order valence-electron chi connectivity index (χ1n) is 10.6. The number of hydrogen-bond acceptors (Lipinski definition) is 5. The van der Waals surface area contributed by atoms with Crippen LogP contribution in [0, 0.1) is 6.92 Å². The van der Waals surface area contributed by atoms with Gasteiger partial charge in [-0.3, -0.25) is 9.59 Å². The molecule has 2 aromatic heterocycles. The number of carbonyl (C=O) groups excluding carboxylic acids is 2. The van der Waals surface area contributed by atoms with Gasteiger partial charge < -0.3 is 10.1 Å². The van der Waals surface area contributed by atoms with Gasteiger partial charge in [-0.1, -0.05) is 29.8 Å². The van der Waals surface area contributed by atoms with Crippen molar-refractivity contribution in [1.29, 1.82) is 0 Å². The zero-order valence-electron chi connectivity index (χ0n) is 17.6. The molecule has 1 aromatic carbocycles. The third kappa shape index (κ3) is 3.40. The molecule has 0 saturated heterocycles. The number of Topliss-reactive ketones (excluding diaryl/α,β-unsaturated/α-hetero) is 1. The van der Waals surface area contributed by atoms with Crippen LogP contribution in [0.3, 0.4) is 0 Å². The molecule has 1 aliphatic carbocycles. The van der Waals surface area contributed by atoms with E-state index in [2.05, 4.69) is 15.4 Å². The van der Waals surface area contributed by atoms with E-state index in [1.807, 2.05) is 49.5 Å². The van der Waals surface area contributed by atoms with Crippen LogP contribution in [0.2, 0.25) is 0 Å². The van der Waals surface area contributed by atoms with Gasteiger partial charge in [-0.05, 0) is 50.3 Å². The molecule has 1 saturated carbocycles. The summed E-state index contributed by atoms with van der Waals surface area (Å²) in [6.07, 6.45) is 5.91. The Kier molecular flexibility index (Phi) is 4.61. The normalized spacial score (nSPS) is 23.4. The van der Waals surface area contributed by atoms with Crippen molar-refractivity contribution in [2.45, 2.75) is 51.2 Å². The van der Waals surface area contributed by atoms with Gasteiger partial charge in [-0.15, -0.1) is 0 Å². The maximum absolute atomic E-state index is 13.8. The topological polar surface area (TPSA) is 85.6 Å². The number of ketones is 1. The first-order valence-corrected chi connectivity index (χ1v) is 10.6. The van der Waals surface area contributed by atoms with Gasteiger partial charge in [0.1, 0.15) is 12.1 Å². The van der Waals surface area contributed by atoms with Crippen LogP contribution in [-0.2, 0) is 14.3 Å². The van der Waals surface area contributed by atoms with Crippen molar-refractivity contribution < 1.29 is 14.3 Å². The maximum atomic E-state index is 13.8. The summed E-state index contributed by atoms with van der Waals surface area (Å²) in [7, 11) is 0. The van der Waals surface area contributed by atoms with Gasteiger partial charge in [-0.2, -0.15) is 5.10 Å². The second-order valence-corrected chi connectivity index (χ2v) is 8.45. The molecule has 0 radical (unpaired) electrons. The van der Waals surface area contributed by atoms with Crippen molar-refractivity contribution >= 4 is 28.7 Å². The lowest BCUT2D eigenvalue weighted by Crippen LogP contribution is -2.46. The van der Waals surface area contributed by atoms with Gasteiger partial charge in [0.05, 0.1) is 5.57 Å². The first kappa shape index (κ1) is 19.5. The highest BCUT2D eigenvalue weighted by molar-refractivity contribution is 6.33. The predicted octanol–water partition coefficient (Wildman–Crippen LogP) is 3.32. The second kappa shape index (κ2) is 7.34. The number of aromatic nitrogens is 3. The molecule has 3 aromatic rings. The molecule has 1 spiro atoms. The molecule has 0 atom stereocenters. The number of amides is 1. The first-order chi connectivity index (χ1) is 14.9. The molecule has 7 nitrogen and oxygen atoms in total. The molecule has 2 aliphatic rings. The van der Waals surface area contributed by atoms with Crippen LogP contribution in [0.4, 0.5) is 0 Å². The van der Waals surface area contributed by atoms with Crippen molar-refractivity contribution in [3.8, 4) is 0 Å². The molecule has 7 heteroatoms. The third-order valence-corrected chi connectivity index (χ3v) is 6.21. The van der Waals surface area contributed by atoms with Crippen molar-refractivity contribution in [2.24, 2.45) is 0 Å². The summed E-state index contributed by atoms with van der Waals surface area (Å²) in [6.45, 7) is 3.54. The number of pyridine rings is 1. The second-order valence-electron chi connectivity index (χ2n) is 8.45. The van der Waals surface area contributed by atoms with Crippen LogP contribution in [-0.4, -0.2) is 37.9 Å². The van der Waals surface area contributed by atoms with E-state index >= 15 is 0 Å². The number of ether oxygens (including phenoxy) is 1. The van der Waals surface area contributed by atoms with Gasteiger partial charge in [0.25, 0.3) is 0 Å². The summed E-state index contributed by atoms with van der Waals surface area (Å²) in [6, 6.07) is 11.8. The number of nitrogens with one attached hydrogen (secondary N) is 1. The summed E-state index contributed by atoms with van der Waals surface area (Å²) >= 11 is 0. The van der Waals surface area contributed by atoms with Crippen molar-refractivity contribution in [3.05, 3.63) is 65.6 Å². The Balaban J connectivity index is 1.56. The van der Waals surface area contributed by atoms with Crippen molar-refractivity contribution in [1.82, 2.24) is 19.9 Å². The minimum Gasteiger partial charge on any atom is -0.478 e. The fourth-order valence-corrected chi connectivity index (χ4v) is 4.69. The molecule has 1 amide bonds. The minimum atomic E-state index is -0.888. The van der Waals surface area contributed by atoms with Gasteiger partial charge in [0.2, 0.25) is 11.7 Å². The average Bonchev–Trinajstić information content (AvgIpc) is 3.32. The largest absolute Gasteiger partial charge is 0.478 e. The van der Waals surface area contributed by atoms with Gasteiger partial charge in [0, 0.05) is 24.7 Å². The van der Waals surface area contributed by atoms with Crippen LogP contribution >= 0.6 is 0 Å². The number of benzene rings is 1. The van der Waals surface area contributed by atoms with Crippen LogP contribution in [0.5, 0.6) is 0 Å². The number of carbonyl (C=O) groups is 2. The third-order valence-electron chi connectivity index (χ3n) is 6.21. The van der Waals surface area contributed by atoms with Gasteiger partial charge in [-0.25, -0.2) is 9.50 Å².